The fourth-order valence-corrected chi connectivity index (χ4v) is 0.935. The Morgan fingerprint density at radius 3 is 2.71 bits per heavy atom. The first-order chi connectivity index (χ1) is 6.13. The van der Waals surface area contributed by atoms with Crippen molar-refractivity contribution in [2.24, 2.45) is 0 Å². The van der Waals surface area contributed by atoms with E-state index in [1.165, 1.54) is 19.2 Å². The fourth-order valence-electron chi connectivity index (χ4n) is 0.935. The van der Waals surface area contributed by atoms with Crippen molar-refractivity contribution in [2.75, 3.05) is 12.8 Å². The molecule has 1 aromatic rings. The molecule has 0 aliphatic heterocycles. The summed E-state index contributed by atoms with van der Waals surface area (Å²) in [5.74, 6) is -0.950. The molecule has 1 aromatic carbocycles. The van der Waals surface area contributed by atoms with Crippen LogP contribution in [0.3, 0.4) is 0 Å². The lowest BCUT2D eigenvalue weighted by Gasteiger charge is -2.02. The van der Waals surface area contributed by atoms with Gasteiger partial charge in [0, 0.05) is 5.69 Å². The van der Waals surface area contributed by atoms with E-state index in [1.54, 1.807) is 6.07 Å². The van der Waals surface area contributed by atoms with E-state index in [9.17, 15) is 9.18 Å². The number of anilines is 1. The Morgan fingerprint density at radius 2 is 2.21 bits per heavy atom. The fraction of sp³-hybridized carbons (Fsp3) is 0.222. The molecule has 3 nitrogen and oxygen atoms in total. The van der Waals surface area contributed by atoms with E-state index in [2.05, 4.69) is 4.74 Å². The Balaban J connectivity index is 0.00000169. The summed E-state index contributed by atoms with van der Waals surface area (Å²) >= 11 is 0. The van der Waals surface area contributed by atoms with E-state index < -0.39 is 11.8 Å². The van der Waals surface area contributed by atoms with Crippen LogP contribution in [0, 0.1) is 5.82 Å². The molecule has 0 fully saturated rings. The van der Waals surface area contributed by atoms with E-state index in [-0.39, 0.29) is 18.8 Å². The average Bonchev–Trinajstić information content (AvgIpc) is 2.09. The van der Waals surface area contributed by atoms with Gasteiger partial charge in [-0.25, -0.2) is 4.39 Å². The van der Waals surface area contributed by atoms with Crippen molar-refractivity contribution in [3.63, 3.8) is 0 Å². The zero-order valence-corrected chi connectivity index (χ0v) is 8.44. The lowest BCUT2D eigenvalue weighted by atomic mass is 10.1. The maximum atomic E-state index is 13.1. The molecule has 0 aliphatic carbocycles. The van der Waals surface area contributed by atoms with Crippen LogP contribution >= 0.6 is 12.4 Å². The van der Waals surface area contributed by atoms with Crippen molar-refractivity contribution >= 4 is 24.1 Å². The third kappa shape index (κ3) is 3.22. The zero-order chi connectivity index (χ0) is 9.84. The molecule has 0 unspecified atom stereocenters. The topological polar surface area (TPSA) is 52.3 Å². The molecule has 0 bridgehead atoms. The van der Waals surface area contributed by atoms with Crippen LogP contribution in [0.15, 0.2) is 18.2 Å². The van der Waals surface area contributed by atoms with Gasteiger partial charge >= 0.3 is 5.97 Å². The highest BCUT2D eigenvalue weighted by atomic mass is 35.5. The predicted molar refractivity (Wildman–Crippen MR) is 53.8 cm³/mol. The van der Waals surface area contributed by atoms with Gasteiger partial charge in [-0.05, 0) is 17.7 Å². The Labute approximate surface area is 87.5 Å². The number of nitrogen functional groups attached to an aromatic ring is 1. The number of rotatable bonds is 2. The van der Waals surface area contributed by atoms with E-state index in [0.29, 0.717) is 11.3 Å². The Bertz CT molecular complexity index is 331. The molecule has 0 radical (unpaired) electrons. The molecule has 78 valence electrons. The molecule has 0 amide bonds. The molecule has 0 heterocycles. The molecule has 14 heavy (non-hydrogen) atoms. The second-order valence-electron chi connectivity index (χ2n) is 2.60. The Hall–Kier alpha value is -1.29. The summed E-state index contributed by atoms with van der Waals surface area (Å²) in [5.41, 5.74) is 5.97. The van der Waals surface area contributed by atoms with Gasteiger partial charge in [0.15, 0.2) is 0 Å². The van der Waals surface area contributed by atoms with Gasteiger partial charge in [-0.2, -0.15) is 0 Å². The predicted octanol–water partition coefficient (Wildman–Crippen LogP) is 1.55. The highest BCUT2D eigenvalue weighted by Gasteiger charge is 2.07. The summed E-state index contributed by atoms with van der Waals surface area (Å²) in [4.78, 5) is 10.8. The highest BCUT2D eigenvalue weighted by molar-refractivity contribution is 5.85. The second-order valence-corrected chi connectivity index (χ2v) is 2.60. The highest BCUT2D eigenvalue weighted by Crippen LogP contribution is 2.12. The molecule has 0 saturated carbocycles. The maximum absolute atomic E-state index is 13.1. The number of nitrogens with two attached hydrogens (primary N) is 1. The number of hydrogen-bond acceptors (Lipinski definition) is 3. The molecule has 1 rings (SSSR count). The van der Waals surface area contributed by atoms with Gasteiger partial charge in [-0.15, -0.1) is 12.4 Å². The molecule has 0 saturated heterocycles. The van der Waals surface area contributed by atoms with Crippen molar-refractivity contribution < 1.29 is 13.9 Å². The Morgan fingerprint density at radius 1 is 1.57 bits per heavy atom. The van der Waals surface area contributed by atoms with Gasteiger partial charge in [0.1, 0.15) is 5.82 Å². The van der Waals surface area contributed by atoms with Gasteiger partial charge in [0.25, 0.3) is 0 Å². The number of methoxy groups -OCH3 is 1. The van der Waals surface area contributed by atoms with Crippen LogP contribution in [0.2, 0.25) is 0 Å². The summed E-state index contributed by atoms with van der Waals surface area (Å²) in [6, 6.07) is 4.20. The number of esters is 1. The number of carbonyl (C=O) groups excluding carboxylic acids is 1. The molecule has 0 aliphatic rings. The molecule has 0 aromatic heterocycles. The third-order valence-electron chi connectivity index (χ3n) is 1.64. The number of carbonyl (C=O) groups is 1. The SMILES string of the molecule is COC(=O)Cc1ccc(N)cc1F.Cl. The average molecular weight is 220 g/mol. The largest absolute Gasteiger partial charge is 0.469 e. The van der Waals surface area contributed by atoms with E-state index >= 15 is 0 Å². The van der Waals surface area contributed by atoms with Crippen LogP contribution in [0.4, 0.5) is 10.1 Å². The monoisotopic (exact) mass is 219 g/mol. The minimum absolute atomic E-state index is 0. The summed E-state index contributed by atoms with van der Waals surface area (Å²) in [6.45, 7) is 0. The number of ether oxygens (including phenoxy) is 1. The summed E-state index contributed by atoms with van der Waals surface area (Å²) in [5, 5.41) is 0. The molecule has 5 heteroatoms. The first-order valence-electron chi connectivity index (χ1n) is 3.74. The van der Waals surface area contributed by atoms with E-state index in [4.69, 9.17) is 5.73 Å². The number of halogens is 2. The van der Waals surface area contributed by atoms with Crippen LogP contribution in [0.1, 0.15) is 5.56 Å². The summed E-state index contributed by atoms with van der Waals surface area (Å²) < 4.78 is 17.5. The molecule has 0 spiro atoms. The zero-order valence-electron chi connectivity index (χ0n) is 7.62. The second kappa shape index (κ2) is 5.44. The van der Waals surface area contributed by atoms with Crippen molar-refractivity contribution in [2.45, 2.75) is 6.42 Å². The van der Waals surface area contributed by atoms with Crippen LogP contribution in [-0.2, 0) is 16.0 Å². The molecular weight excluding hydrogens is 209 g/mol. The smallest absolute Gasteiger partial charge is 0.310 e. The normalized spacial score (nSPS) is 9.00. The van der Waals surface area contributed by atoms with Gasteiger partial charge in [0.05, 0.1) is 13.5 Å². The quantitative estimate of drug-likeness (QED) is 0.607. The molecule has 2 N–H and O–H groups in total. The first kappa shape index (κ1) is 12.7. The van der Waals surface area contributed by atoms with E-state index in [0.717, 1.165) is 0 Å². The number of benzene rings is 1. The third-order valence-corrected chi connectivity index (χ3v) is 1.64. The van der Waals surface area contributed by atoms with Crippen molar-refractivity contribution in [1.29, 1.82) is 0 Å². The molecular formula is C9H11ClFNO2. The lowest BCUT2D eigenvalue weighted by molar-refractivity contribution is -0.139. The van der Waals surface area contributed by atoms with Crippen LogP contribution in [0.5, 0.6) is 0 Å². The van der Waals surface area contributed by atoms with E-state index in [1.807, 2.05) is 0 Å². The van der Waals surface area contributed by atoms with Gasteiger partial charge in [-0.3, -0.25) is 4.79 Å². The minimum Gasteiger partial charge on any atom is -0.469 e. The van der Waals surface area contributed by atoms with Crippen LogP contribution in [0.25, 0.3) is 0 Å². The summed E-state index contributed by atoms with van der Waals surface area (Å²) in [6.07, 6.45) is -0.0669. The van der Waals surface area contributed by atoms with Gasteiger partial charge in [0.2, 0.25) is 0 Å². The maximum Gasteiger partial charge on any atom is 0.310 e. The first-order valence-corrected chi connectivity index (χ1v) is 3.74. The number of hydrogen-bond donors (Lipinski definition) is 1. The van der Waals surface area contributed by atoms with Gasteiger partial charge < -0.3 is 10.5 Å². The van der Waals surface area contributed by atoms with Crippen molar-refractivity contribution in [3.8, 4) is 0 Å². The minimum atomic E-state index is -0.481. The van der Waals surface area contributed by atoms with Gasteiger partial charge in [-0.1, -0.05) is 6.07 Å². The van der Waals surface area contributed by atoms with Crippen LogP contribution < -0.4 is 5.73 Å². The van der Waals surface area contributed by atoms with Crippen LogP contribution in [-0.4, -0.2) is 13.1 Å². The van der Waals surface area contributed by atoms with Crippen molar-refractivity contribution in [3.05, 3.63) is 29.6 Å². The lowest BCUT2D eigenvalue weighted by Crippen LogP contribution is -2.06. The molecule has 0 atom stereocenters. The summed E-state index contributed by atoms with van der Waals surface area (Å²) in [7, 11) is 1.26. The Kier molecular flexibility index (Phi) is 4.94. The standard InChI is InChI=1S/C9H10FNO2.ClH/c1-13-9(12)4-6-2-3-7(11)5-8(6)10;/h2-3,5H,4,11H2,1H3;1H. The van der Waals surface area contributed by atoms with Crippen molar-refractivity contribution in [1.82, 2.24) is 0 Å².